The van der Waals surface area contributed by atoms with Crippen molar-refractivity contribution in [3.63, 3.8) is 0 Å². The lowest BCUT2D eigenvalue weighted by atomic mass is 10.0. The highest BCUT2D eigenvalue weighted by Crippen LogP contribution is 2.29. The van der Waals surface area contributed by atoms with Gasteiger partial charge in [-0.05, 0) is 86.8 Å². The van der Waals surface area contributed by atoms with Gasteiger partial charge >= 0.3 is 0 Å². The van der Waals surface area contributed by atoms with Crippen molar-refractivity contribution in [2.24, 2.45) is 0 Å². The maximum absolute atomic E-state index is 13.0. The lowest BCUT2D eigenvalue weighted by Gasteiger charge is -2.34. The number of piperidine rings is 1. The van der Waals surface area contributed by atoms with Crippen LogP contribution < -0.4 is 15.5 Å². The molecule has 34 heavy (non-hydrogen) atoms. The molecule has 2 aromatic heterocycles. The number of hydrogen-bond acceptors (Lipinski definition) is 7. The second-order valence-electron chi connectivity index (χ2n) is 8.17. The molecule has 1 aromatic carbocycles. The fourth-order valence-electron chi connectivity index (χ4n) is 3.83. The zero-order chi connectivity index (χ0) is 23.8. The van der Waals surface area contributed by atoms with E-state index in [2.05, 4.69) is 37.4 Å². The van der Waals surface area contributed by atoms with E-state index in [1.165, 1.54) is 30.3 Å². The number of nitrogens with zero attached hydrogens (tertiary/aromatic N) is 5. The van der Waals surface area contributed by atoms with Crippen molar-refractivity contribution in [3.8, 4) is 0 Å². The van der Waals surface area contributed by atoms with Crippen LogP contribution in [0.3, 0.4) is 0 Å². The van der Waals surface area contributed by atoms with Crippen molar-refractivity contribution < 1.29 is 4.39 Å². The SMILES string of the molecule is CC1CCCCN1c1cc(Sc2ncccn2)nc(NC(=S)NCCCc2ccc(F)cc2)n1. The molecule has 1 unspecified atom stereocenters. The van der Waals surface area contributed by atoms with E-state index in [9.17, 15) is 4.39 Å². The molecule has 178 valence electrons. The average Bonchev–Trinajstić information content (AvgIpc) is 2.84. The summed E-state index contributed by atoms with van der Waals surface area (Å²) in [4.78, 5) is 20.3. The molecule has 1 aliphatic heterocycles. The summed E-state index contributed by atoms with van der Waals surface area (Å²) in [5.41, 5.74) is 1.10. The summed E-state index contributed by atoms with van der Waals surface area (Å²) in [5, 5.41) is 8.21. The van der Waals surface area contributed by atoms with Crippen LogP contribution in [0.4, 0.5) is 16.2 Å². The molecular formula is C24H28FN7S2. The van der Waals surface area contributed by atoms with Crippen LogP contribution in [0.25, 0.3) is 0 Å². The number of benzene rings is 1. The first kappa shape index (κ1) is 24.3. The molecule has 1 atom stereocenters. The zero-order valence-electron chi connectivity index (χ0n) is 19.1. The van der Waals surface area contributed by atoms with E-state index in [1.54, 1.807) is 18.5 Å². The van der Waals surface area contributed by atoms with Crippen molar-refractivity contribution in [3.05, 3.63) is 60.2 Å². The van der Waals surface area contributed by atoms with E-state index < -0.39 is 0 Å². The molecule has 2 N–H and O–H groups in total. The smallest absolute Gasteiger partial charge is 0.232 e. The number of aromatic nitrogens is 4. The van der Waals surface area contributed by atoms with E-state index in [4.69, 9.17) is 17.2 Å². The molecule has 0 amide bonds. The molecule has 4 rings (SSSR count). The van der Waals surface area contributed by atoms with Gasteiger partial charge in [0.2, 0.25) is 5.95 Å². The quantitative estimate of drug-likeness (QED) is 0.196. The number of anilines is 2. The summed E-state index contributed by atoms with van der Waals surface area (Å²) in [6, 6.07) is 10.8. The first-order valence-electron chi connectivity index (χ1n) is 11.5. The number of nitrogens with one attached hydrogen (secondary N) is 2. The molecule has 1 aliphatic rings. The van der Waals surface area contributed by atoms with Gasteiger partial charge in [-0.25, -0.2) is 19.3 Å². The Morgan fingerprint density at radius 1 is 1.18 bits per heavy atom. The van der Waals surface area contributed by atoms with Crippen molar-refractivity contribution >= 4 is 40.9 Å². The standard InChI is InChI=1S/C24H28FN7S2/c1-17-6-2-3-15-32(17)20-16-21(34-24-27-13-5-14-28-24)30-22(29-20)31-23(33)26-12-4-7-18-8-10-19(25)11-9-18/h5,8-11,13-14,16-17H,2-4,6-7,12,15H2,1H3,(H2,26,29,30,31,33). The predicted octanol–water partition coefficient (Wildman–Crippen LogP) is 4.85. The van der Waals surface area contributed by atoms with Crippen LogP contribution in [-0.4, -0.2) is 44.2 Å². The summed E-state index contributed by atoms with van der Waals surface area (Å²) in [5.74, 6) is 1.11. The Balaban J connectivity index is 1.40. The molecule has 10 heteroatoms. The largest absolute Gasteiger partial charge is 0.362 e. The summed E-state index contributed by atoms with van der Waals surface area (Å²) in [6.07, 6.45) is 8.67. The highest BCUT2D eigenvalue weighted by molar-refractivity contribution is 7.99. The molecule has 1 saturated heterocycles. The molecule has 0 aliphatic carbocycles. The summed E-state index contributed by atoms with van der Waals surface area (Å²) in [7, 11) is 0. The third-order valence-electron chi connectivity index (χ3n) is 5.59. The zero-order valence-corrected chi connectivity index (χ0v) is 20.7. The average molecular weight is 498 g/mol. The number of thiocarbonyl (C=S) groups is 1. The molecule has 3 heterocycles. The van der Waals surface area contributed by atoms with Gasteiger partial charge in [-0.15, -0.1) is 0 Å². The number of halogens is 1. The highest BCUT2D eigenvalue weighted by atomic mass is 32.2. The summed E-state index contributed by atoms with van der Waals surface area (Å²) in [6.45, 7) is 3.88. The van der Waals surface area contributed by atoms with E-state index in [1.807, 2.05) is 18.2 Å². The first-order chi connectivity index (χ1) is 16.6. The lowest BCUT2D eigenvalue weighted by molar-refractivity contribution is 0.480. The van der Waals surface area contributed by atoms with Crippen LogP contribution in [0.2, 0.25) is 0 Å². The maximum atomic E-state index is 13.0. The second kappa shape index (κ2) is 12.0. The van der Waals surface area contributed by atoms with E-state index in [-0.39, 0.29) is 5.82 Å². The fraction of sp³-hybridized carbons (Fsp3) is 0.375. The highest BCUT2D eigenvalue weighted by Gasteiger charge is 2.21. The Morgan fingerprint density at radius 2 is 1.97 bits per heavy atom. The van der Waals surface area contributed by atoms with Crippen LogP contribution in [0.15, 0.2) is 59.0 Å². The molecule has 0 spiro atoms. The van der Waals surface area contributed by atoms with Gasteiger partial charge in [0.25, 0.3) is 0 Å². The fourth-order valence-corrected chi connectivity index (χ4v) is 4.73. The van der Waals surface area contributed by atoms with Gasteiger partial charge in [-0.2, -0.15) is 4.98 Å². The summed E-state index contributed by atoms with van der Waals surface area (Å²) < 4.78 is 13.0. The lowest BCUT2D eigenvalue weighted by Crippen LogP contribution is -2.38. The molecular weight excluding hydrogens is 469 g/mol. The second-order valence-corrected chi connectivity index (χ2v) is 9.57. The van der Waals surface area contributed by atoms with Crippen LogP contribution >= 0.6 is 24.0 Å². The Kier molecular flexibility index (Phi) is 8.59. The van der Waals surface area contributed by atoms with Crippen LogP contribution in [0.1, 0.15) is 38.2 Å². The Bertz CT molecular complexity index is 1080. The van der Waals surface area contributed by atoms with E-state index >= 15 is 0 Å². The number of aryl methyl sites for hydroxylation is 1. The first-order valence-corrected chi connectivity index (χ1v) is 12.7. The van der Waals surface area contributed by atoms with Crippen molar-refractivity contribution in [2.75, 3.05) is 23.3 Å². The van der Waals surface area contributed by atoms with Gasteiger partial charge in [0.1, 0.15) is 16.7 Å². The molecule has 1 fully saturated rings. The van der Waals surface area contributed by atoms with Gasteiger partial charge in [0, 0.05) is 37.6 Å². The van der Waals surface area contributed by atoms with Crippen LogP contribution in [0, 0.1) is 5.82 Å². The predicted molar refractivity (Wildman–Crippen MR) is 138 cm³/mol. The van der Waals surface area contributed by atoms with Gasteiger partial charge in [-0.1, -0.05) is 12.1 Å². The minimum atomic E-state index is -0.218. The van der Waals surface area contributed by atoms with Crippen molar-refractivity contribution in [1.29, 1.82) is 0 Å². The Labute approximate surface area is 209 Å². The van der Waals surface area contributed by atoms with Gasteiger partial charge in [0.05, 0.1) is 0 Å². The third-order valence-corrected chi connectivity index (χ3v) is 6.65. The van der Waals surface area contributed by atoms with Crippen LogP contribution in [0.5, 0.6) is 0 Å². The summed E-state index contributed by atoms with van der Waals surface area (Å²) >= 11 is 6.88. The minimum absolute atomic E-state index is 0.218. The monoisotopic (exact) mass is 497 g/mol. The van der Waals surface area contributed by atoms with Crippen molar-refractivity contribution in [1.82, 2.24) is 25.3 Å². The Hall–Kier alpha value is -2.85. The normalized spacial score (nSPS) is 15.7. The molecule has 0 radical (unpaired) electrons. The minimum Gasteiger partial charge on any atom is -0.362 e. The molecule has 7 nitrogen and oxygen atoms in total. The third kappa shape index (κ3) is 7.07. The van der Waals surface area contributed by atoms with Gasteiger partial charge < -0.3 is 15.5 Å². The molecule has 0 bridgehead atoms. The molecule has 0 saturated carbocycles. The van der Waals surface area contributed by atoms with Gasteiger partial charge in [0.15, 0.2) is 10.3 Å². The maximum Gasteiger partial charge on any atom is 0.232 e. The van der Waals surface area contributed by atoms with Gasteiger partial charge in [-0.3, -0.25) is 0 Å². The van der Waals surface area contributed by atoms with E-state index in [0.29, 0.717) is 28.8 Å². The van der Waals surface area contributed by atoms with Crippen LogP contribution in [-0.2, 0) is 6.42 Å². The topological polar surface area (TPSA) is 78.9 Å². The number of rotatable bonds is 8. The van der Waals surface area contributed by atoms with Crippen molar-refractivity contribution in [2.45, 2.75) is 55.3 Å². The van der Waals surface area contributed by atoms with E-state index in [0.717, 1.165) is 48.6 Å². The number of hydrogen-bond donors (Lipinski definition) is 2. The Morgan fingerprint density at radius 3 is 2.74 bits per heavy atom. The molecule has 3 aromatic rings.